The molecule has 0 spiro atoms. The fraction of sp³-hybridized carbons (Fsp3) is 0.643. The molecule has 1 fully saturated rings. The van der Waals surface area contributed by atoms with E-state index in [-0.39, 0.29) is 6.61 Å². The van der Waals surface area contributed by atoms with E-state index < -0.39 is 0 Å². The minimum absolute atomic E-state index is 0.113. The Balaban J connectivity index is 1.82. The Morgan fingerprint density at radius 3 is 2.95 bits per heavy atom. The van der Waals surface area contributed by atoms with Crippen molar-refractivity contribution in [3.05, 3.63) is 23.9 Å². The van der Waals surface area contributed by atoms with Gasteiger partial charge in [-0.15, -0.1) is 0 Å². The van der Waals surface area contributed by atoms with Gasteiger partial charge in [-0.1, -0.05) is 6.07 Å². The molecule has 2 N–H and O–H groups in total. The second kappa shape index (κ2) is 7.43. The van der Waals surface area contributed by atoms with E-state index in [9.17, 15) is 0 Å². The standard InChI is InChI=1S/C14H23N3O2/c1-15-14-12(3-2-6-16-14)11-17-7-4-13(5-8-17)19-10-9-18/h2-3,6,13,18H,4-5,7-11H2,1H3,(H,15,16). The van der Waals surface area contributed by atoms with Gasteiger partial charge in [0.1, 0.15) is 5.82 Å². The van der Waals surface area contributed by atoms with Crippen LogP contribution in [0.3, 0.4) is 0 Å². The van der Waals surface area contributed by atoms with Crippen molar-refractivity contribution in [1.82, 2.24) is 9.88 Å². The number of aliphatic hydroxyl groups is 1. The fourth-order valence-electron chi connectivity index (χ4n) is 2.49. The van der Waals surface area contributed by atoms with Crippen LogP contribution in [-0.2, 0) is 11.3 Å². The zero-order chi connectivity index (χ0) is 13.5. The molecular weight excluding hydrogens is 242 g/mol. The van der Waals surface area contributed by atoms with E-state index in [2.05, 4.69) is 21.3 Å². The van der Waals surface area contributed by atoms with Crippen molar-refractivity contribution in [2.75, 3.05) is 38.7 Å². The Morgan fingerprint density at radius 1 is 1.47 bits per heavy atom. The minimum Gasteiger partial charge on any atom is -0.394 e. The fourth-order valence-corrected chi connectivity index (χ4v) is 2.49. The Hall–Kier alpha value is -1.17. The van der Waals surface area contributed by atoms with E-state index in [1.54, 1.807) is 0 Å². The number of likely N-dealkylation sites (tertiary alicyclic amines) is 1. The highest BCUT2D eigenvalue weighted by atomic mass is 16.5. The van der Waals surface area contributed by atoms with Crippen molar-refractivity contribution < 1.29 is 9.84 Å². The number of rotatable bonds is 6. The predicted octanol–water partition coefficient (Wildman–Crippen LogP) is 1.10. The Labute approximate surface area is 114 Å². The molecule has 0 unspecified atom stereocenters. The van der Waals surface area contributed by atoms with Gasteiger partial charge in [0.05, 0.1) is 19.3 Å². The van der Waals surface area contributed by atoms with Crippen molar-refractivity contribution >= 4 is 5.82 Å². The maximum atomic E-state index is 8.75. The Kier molecular flexibility index (Phi) is 5.57. The molecule has 0 bridgehead atoms. The third-order valence-corrected chi connectivity index (χ3v) is 3.50. The zero-order valence-corrected chi connectivity index (χ0v) is 11.5. The second-order valence-corrected chi connectivity index (χ2v) is 4.83. The summed E-state index contributed by atoms with van der Waals surface area (Å²) in [6.07, 6.45) is 4.19. The van der Waals surface area contributed by atoms with Crippen molar-refractivity contribution in [2.24, 2.45) is 0 Å². The molecule has 0 saturated carbocycles. The summed E-state index contributed by atoms with van der Waals surface area (Å²) in [4.78, 5) is 6.76. The van der Waals surface area contributed by atoms with Gasteiger partial charge in [0.25, 0.3) is 0 Å². The summed E-state index contributed by atoms with van der Waals surface area (Å²) in [6.45, 7) is 3.57. The first-order chi connectivity index (χ1) is 9.33. The van der Waals surface area contributed by atoms with Crippen LogP contribution in [0, 0.1) is 0 Å². The van der Waals surface area contributed by atoms with Crippen LogP contribution in [0.1, 0.15) is 18.4 Å². The Bertz CT molecular complexity index is 379. The summed E-state index contributed by atoms with van der Waals surface area (Å²) in [5.41, 5.74) is 1.24. The molecular formula is C14H23N3O2. The van der Waals surface area contributed by atoms with E-state index >= 15 is 0 Å². The molecule has 106 valence electrons. The third kappa shape index (κ3) is 4.16. The molecule has 1 aromatic heterocycles. The van der Waals surface area contributed by atoms with Gasteiger partial charge in [0.2, 0.25) is 0 Å². The highest BCUT2D eigenvalue weighted by Crippen LogP contribution is 2.19. The van der Waals surface area contributed by atoms with Crippen LogP contribution in [0.5, 0.6) is 0 Å². The number of aromatic nitrogens is 1. The van der Waals surface area contributed by atoms with E-state index in [1.165, 1.54) is 5.56 Å². The number of pyridine rings is 1. The van der Waals surface area contributed by atoms with Gasteiger partial charge in [-0.3, -0.25) is 4.90 Å². The van der Waals surface area contributed by atoms with Crippen molar-refractivity contribution in [2.45, 2.75) is 25.5 Å². The molecule has 19 heavy (non-hydrogen) atoms. The lowest BCUT2D eigenvalue weighted by atomic mass is 10.1. The molecule has 0 aliphatic carbocycles. The molecule has 0 radical (unpaired) electrons. The average Bonchev–Trinajstić information content (AvgIpc) is 2.47. The number of hydrogen-bond acceptors (Lipinski definition) is 5. The minimum atomic E-state index is 0.113. The maximum absolute atomic E-state index is 8.75. The highest BCUT2D eigenvalue weighted by Gasteiger charge is 2.20. The van der Waals surface area contributed by atoms with Crippen LogP contribution in [0.25, 0.3) is 0 Å². The molecule has 0 aromatic carbocycles. The lowest BCUT2D eigenvalue weighted by molar-refractivity contribution is -0.00899. The molecule has 2 heterocycles. The number of nitrogens with zero attached hydrogens (tertiary/aromatic N) is 2. The maximum Gasteiger partial charge on any atom is 0.130 e. The SMILES string of the molecule is CNc1ncccc1CN1CCC(OCCO)CC1. The number of aliphatic hydroxyl groups excluding tert-OH is 1. The van der Waals surface area contributed by atoms with Gasteiger partial charge in [-0.25, -0.2) is 4.98 Å². The second-order valence-electron chi connectivity index (χ2n) is 4.83. The van der Waals surface area contributed by atoms with Crippen LogP contribution >= 0.6 is 0 Å². The average molecular weight is 265 g/mol. The summed E-state index contributed by atoms with van der Waals surface area (Å²) in [6, 6.07) is 4.10. The van der Waals surface area contributed by atoms with Gasteiger partial charge in [0.15, 0.2) is 0 Å². The smallest absolute Gasteiger partial charge is 0.130 e. The summed E-state index contributed by atoms with van der Waals surface area (Å²) in [5.74, 6) is 0.959. The molecule has 0 amide bonds. The molecule has 2 rings (SSSR count). The third-order valence-electron chi connectivity index (χ3n) is 3.50. The normalized spacial score (nSPS) is 17.6. The zero-order valence-electron chi connectivity index (χ0n) is 11.5. The van der Waals surface area contributed by atoms with Gasteiger partial charge in [-0.2, -0.15) is 0 Å². The van der Waals surface area contributed by atoms with E-state index in [0.29, 0.717) is 12.7 Å². The number of ether oxygens (including phenoxy) is 1. The summed E-state index contributed by atoms with van der Waals surface area (Å²) in [7, 11) is 1.90. The van der Waals surface area contributed by atoms with Crippen LogP contribution in [0.15, 0.2) is 18.3 Å². The van der Waals surface area contributed by atoms with Crippen molar-refractivity contribution in [3.63, 3.8) is 0 Å². The summed E-state index contributed by atoms with van der Waals surface area (Å²) in [5, 5.41) is 11.9. The number of nitrogens with one attached hydrogen (secondary N) is 1. The molecule has 1 saturated heterocycles. The predicted molar refractivity (Wildman–Crippen MR) is 75.1 cm³/mol. The summed E-state index contributed by atoms with van der Waals surface area (Å²) >= 11 is 0. The van der Waals surface area contributed by atoms with Gasteiger partial charge in [0, 0.05) is 38.4 Å². The highest BCUT2D eigenvalue weighted by molar-refractivity contribution is 5.42. The monoisotopic (exact) mass is 265 g/mol. The van der Waals surface area contributed by atoms with Gasteiger partial charge >= 0.3 is 0 Å². The van der Waals surface area contributed by atoms with Crippen molar-refractivity contribution in [1.29, 1.82) is 0 Å². The first-order valence-corrected chi connectivity index (χ1v) is 6.90. The quantitative estimate of drug-likeness (QED) is 0.806. The van der Waals surface area contributed by atoms with E-state index in [0.717, 1.165) is 38.3 Å². The topological polar surface area (TPSA) is 57.6 Å². The summed E-state index contributed by atoms with van der Waals surface area (Å²) < 4.78 is 5.57. The van der Waals surface area contributed by atoms with Crippen LogP contribution in [0.4, 0.5) is 5.82 Å². The van der Waals surface area contributed by atoms with Crippen LogP contribution < -0.4 is 5.32 Å². The number of hydrogen-bond donors (Lipinski definition) is 2. The van der Waals surface area contributed by atoms with Gasteiger partial charge < -0.3 is 15.2 Å². The first-order valence-electron chi connectivity index (χ1n) is 6.90. The van der Waals surface area contributed by atoms with Crippen molar-refractivity contribution in [3.8, 4) is 0 Å². The number of anilines is 1. The lowest BCUT2D eigenvalue weighted by Gasteiger charge is -2.32. The molecule has 5 heteroatoms. The molecule has 1 aromatic rings. The van der Waals surface area contributed by atoms with E-state index in [1.807, 2.05) is 19.3 Å². The van der Waals surface area contributed by atoms with E-state index in [4.69, 9.17) is 9.84 Å². The van der Waals surface area contributed by atoms with Gasteiger partial charge in [-0.05, 0) is 18.9 Å². The van der Waals surface area contributed by atoms with Crippen LogP contribution in [-0.4, -0.2) is 54.4 Å². The Morgan fingerprint density at radius 2 is 2.26 bits per heavy atom. The molecule has 5 nitrogen and oxygen atoms in total. The molecule has 1 aliphatic rings. The molecule has 1 aliphatic heterocycles. The lowest BCUT2D eigenvalue weighted by Crippen LogP contribution is -2.37. The first kappa shape index (κ1) is 14.2. The number of piperidine rings is 1. The molecule has 0 atom stereocenters. The van der Waals surface area contributed by atoms with Crippen LogP contribution in [0.2, 0.25) is 0 Å². The largest absolute Gasteiger partial charge is 0.394 e.